The lowest BCUT2D eigenvalue weighted by molar-refractivity contribution is -0.136. The summed E-state index contributed by atoms with van der Waals surface area (Å²) in [6.07, 6.45) is 2.62. The molecule has 0 N–H and O–H groups in total. The molecule has 0 saturated carbocycles. The molecule has 0 bridgehead atoms. The molecule has 0 heterocycles. The molecule has 56 valence electrons. The minimum atomic E-state index is -0.412. The van der Waals surface area contributed by atoms with Crippen molar-refractivity contribution in [1.82, 2.24) is 0 Å². The fraction of sp³-hybridized carbons (Fsp3) is 0.143. The zero-order valence-electron chi connectivity index (χ0n) is 5.71. The molecule has 0 rings (SSSR count). The number of carbonyl (C=O) groups excluding carboxylic acids is 2. The van der Waals surface area contributed by atoms with Crippen LogP contribution in [0.1, 0.15) is 0 Å². The van der Waals surface area contributed by atoms with E-state index in [-0.39, 0.29) is 6.61 Å². The van der Waals surface area contributed by atoms with Crippen molar-refractivity contribution in [3.63, 3.8) is 0 Å². The van der Waals surface area contributed by atoms with Crippen LogP contribution >= 0.6 is 0 Å². The molecule has 10 heavy (non-hydrogen) atoms. The molecule has 0 unspecified atom stereocenters. The highest BCUT2D eigenvalue weighted by atomic mass is 16.5. The average Bonchev–Trinajstić information content (AvgIpc) is 2.04. The molecular formula is C7H10O3. The van der Waals surface area contributed by atoms with Crippen LogP contribution in [0.5, 0.6) is 0 Å². The van der Waals surface area contributed by atoms with Gasteiger partial charge in [0, 0.05) is 6.08 Å². The Hall–Kier alpha value is -1.38. The molecule has 0 aliphatic rings. The predicted octanol–water partition coefficient (Wildman–Crippen LogP) is 0.717. The van der Waals surface area contributed by atoms with Gasteiger partial charge in [-0.2, -0.15) is 0 Å². The smallest absolute Gasteiger partial charge is 0.330 e. The van der Waals surface area contributed by atoms with Crippen LogP contribution in [0.25, 0.3) is 0 Å². The van der Waals surface area contributed by atoms with Crippen LogP contribution in [0, 0.1) is 0 Å². The molecule has 0 aromatic heterocycles. The minimum absolute atomic E-state index is 0.255. The Balaban J connectivity index is 0. The molecule has 0 aliphatic carbocycles. The van der Waals surface area contributed by atoms with Gasteiger partial charge in [-0.3, -0.25) is 0 Å². The van der Waals surface area contributed by atoms with E-state index in [9.17, 15) is 4.79 Å². The van der Waals surface area contributed by atoms with Crippen LogP contribution in [-0.4, -0.2) is 19.4 Å². The maximum Gasteiger partial charge on any atom is 0.330 e. The Bertz CT molecular complexity index is 118. The molecule has 0 atom stereocenters. The fourth-order valence-electron chi connectivity index (χ4n) is 0.200. The first kappa shape index (κ1) is 11.4. The van der Waals surface area contributed by atoms with Crippen molar-refractivity contribution in [2.24, 2.45) is 0 Å². The van der Waals surface area contributed by atoms with E-state index in [2.05, 4.69) is 17.9 Å². The molecule has 0 aliphatic heterocycles. The second kappa shape index (κ2) is 10.6. The summed E-state index contributed by atoms with van der Waals surface area (Å²) in [5.41, 5.74) is 0. The Labute approximate surface area is 60.0 Å². The van der Waals surface area contributed by atoms with Crippen LogP contribution in [0.15, 0.2) is 25.3 Å². The van der Waals surface area contributed by atoms with Gasteiger partial charge in [0.1, 0.15) is 13.4 Å². The SMILES string of the molecule is C=CCOC(=O)C=C.C=O. The normalized spacial score (nSPS) is 6.40. The summed E-state index contributed by atoms with van der Waals surface area (Å²) in [5.74, 6) is -0.412. The van der Waals surface area contributed by atoms with Gasteiger partial charge in [0.2, 0.25) is 0 Å². The van der Waals surface area contributed by atoms with Gasteiger partial charge >= 0.3 is 5.97 Å². The molecule has 3 heteroatoms. The third kappa shape index (κ3) is 9.80. The van der Waals surface area contributed by atoms with Gasteiger partial charge in [-0.25, -0.2) is 4.79 Å². The van der Waals surface area contributed by atoms with Gasteiger partial charge in [0.25, 0.3) is 0 Å². The minimum Gasteiger partial charge on any atom is -0.458 e. The molecule has 3 nitrogen and oxygen atoms in total. The number of hydrogen-bond acceptors (Lipinski definition) is 3. The Kier molecular flexibility index (Phi) is 12.1. The first-order valence-electron chi connectivity index (χ1n) is 2.50. The summed E-state index contributed by atoms with van der Waals surface area (Å²) in [6.45, 7) is 8.81. The number of rotatable bonds is 3. The van der Waals surface area contributed by atoms with Crippen LogP contribution in [0.3, 0.4) is 0 Å². The van der Waals surface area contributed by atoms with E-state index < -0.39 is 5.97 Å². The molecule has 0 spiro atoms. The van der Waals surface area contributed by atoms with E-state index in [0.29, 0.717) is 0 Å². The first-order chi connectivity index (χ1) is 4.81. The first-order valence-corrected chi connectivity index (χ1v) is 2.50. The van der Waals surface area contributed by atoms with Gasteiger partial charge < -0.3 is 9.53 Å². The van der Waals surface area contributed by atoms with E-state index in [0.717, 1.165) is 6.08 Å². The Morgan fingerprint density at radius 3 is 2.20 bits per heavy atom. The molecular weight excluding hydrogens is 132 g/mol. The summed E-state index contributed by atoms with van der Waals surface area (Å²) in [6, 6.07) is 0. The topological polar surface area (TPSA) is 43.4 Å². The summed E-state index contributed by atoms with van der Waals surface area (Å²) < 4.78 is 4.47. The van der Waals surface area contributed by atoms with Crippen molar-refractivity contribution in [2.45, 2.75) is 0 Å². The zero-order chi connectivity index (χ0) is 8.41. The van der Waals surface area contributed by atoms with Crippen molar-refractivity contribution in [3.8, 4) is 0 Å². The third-order valence-electron chi connectivity index (χ3n) is 0.510. The monoisotopic (exact) mass is 142 g/mol. The van der Waals surface area contributed by atoms with E-state index >= 15 is 0 Å². The molecule has 0 aromatic rings. The fourth-order valence-corrected chi connectivity index (χ4v) is 0.200. The lowest BCUT2D eigenvalue weighted by Crippen LogP contribution is -1.98. The molecule has 0 saturated heterocycles. The van der Waals surface area contributed by atoms with Crippen LogP contribution < -0.4 is 0 Å². The highest BCUT2D eigenvalue weighted by molar-refractivity contribution is 5.81. The van der Waals surface area contributed by atoms with Crippen LogP contribution in [0.4, 0.5) is 0 Å². The van der Waals surface area contributed by atoms with Crippen LogP contribution in [0.2, 0.25) is 0 Å². The molecule has 0 fully saturated rings. The van der Waals surface area contributed by atoms with E-state index in [4.69, 9.17) is 4.79 Å². The van der Waals surface area contributed by atoms with Gasteiger partial charge in [0.05, 0.1) is 0 Å². The summed E-state index contributed by atoms with van der Waals surface area (Å²) in [4.78, 5) is 18.2. The largest absolute Gasteiger partial charge is 0.458 e. The third-order valence-corrected chi connectivity index (χ3v) is 0.510. The molecule has 0 amide bonds. The molecule has 0 aromatic carbocycles. The number of ether oxygens (including phenoxy) is 1. The van der Waals surface area contributed by atoms with E-state index in [1.807, 2.05) is 6.79 Å². The summed E-state index contributed by atoms with van der Waals surface area (Å²) in [7, 11) is 0. The van der Waals surface area contributed by atoms with Crippen molar-refractivity contribution in [1.29, 1.82) is 0 Å². The maximum atomic E-state index is 10.2. The van der Waals surface area contributed by atoms with Gasteiger partial charge in [0.15, 0.2) is 0 Å². The highest BCUT2D eigenvalue weighted by Crippen LogP contribution is 1.77. The Morgan fingerprint density at radius 2 is 1.90 bits per heavy atom. The number of hydrogen-bond donors (Lipinski definition) is 0. The Morgan fingerprint density at radius 1 is 1.40 bits per heavy atom. The van der Waals surface area contributed by atoms with Crippen molar-refractivity contribution < 1.29 is 14.3 Å². The quantitative estimate of drug-likeness (QED) is 0.331. The van der Waals surface area contributed by atoms with Gasteiger partial charge in [-0.15, -0.1) is 0 Å². The molecule has 0 radical (unpaired) electrons. The zero-order valence-corrected chi connectivity index (χ0v) is 5.71. The number of esters is 1. The second-order valence-corrected chi connectivity index (χ2v) is 1.12. The summed E-state index contributed by atoms with van der Waals surface area (Å²) in [5, 5.41) is 0. The van der Waals surface area contributed by atoms with Crippen molar-refractivity contribution >= 4 is 12.8 Å². The van der Waals surface area contributed by atoms with Crippen LogP contribution in [-0.2, 0) is 14.3 Å². The average molecular weight is 142 g/mol. The van der Waals surface area contributed by atoms with Gasteiger partial charge in [-0.05, 0) is 0 Å². The lowest BCUT2D eigenvalue weighted by Gasteiger charge is -1.92. The summed E-state index contributed by atoms with van der Waals surface area (Å²) >= 11 is 0. The van der Waals surface area contributed by atoms with Crippen molar-refractivity contribution in [2.75, 3.05) is 6.61 Å². The highest BCUT2D eigenvalue weighted by Gasteiger charge is 1.87. The lowest BCUT2D eigenvalue weighted by atomic mass is 10.6. The maximum absolute atomic E-state index is 10.2. The second-order valence-electron chi connectivity index (χ2n) is 1.12. The van der Waals surface area contributed by atoms with Crippen molar-refractivity contribution in [3.05, 3.63) is 25.3 Å². The van der Waals surface area contributed by atoms with E-state index in [1.54, 1.807) is 0 Å². The predicted molar refractivity (Wildman–Crippen MR) is 38.5 cm³/mol. The van der Waals surface area contributed by atoms with E-state index in [1.165, 1.54) is 6.08 Å². The van der Waals surface area contributed by atoms with Gasteiger partial charge in [-0.1, -0.05) is 19.2 Å². The number of carbonyl (C=O) groups is 2. The standard InChI is InChI=1S/C6H8O2.CH2O/c1-3-5-8-6(7)4-2;1-2/h3-4H,1-2,5H2;1H2.